The first-order chi connectivity index (χ1) is 13.5. The van der Waals surface area contributed by atoms with Gasteiger partial charge in [0.2, 0.25) is 0 Å². The molecule has 7 nitrogen and oxygen atoms in total. The molecular formula is C21H29N5O2. The lowest BCUT2D eigenvalue weighted by atomic mass is 10.0. The molecule has 0 spiro atoms. The molecule has 1 saturated heterocycles. The van der Waals surface area contributed by atoms with E-state index in [1.807, 2.05) is 24.3 Å². The van der Waals surface area contributed by atoms with Crippen LogP contribution in [0.2, 0.25) is 0 Å². The highest BCUT2D eigenvalue weighted by Crippen LogP contribution is 2.43. The van der Waals surface area contributed by atoms with Crippen LogP contribution in [0.15, 0.2) is 35.1 Å². The Hall–Kier alpha value is -2.54. The number of morpholine rings is 1. The molecule has 4 rings (SSSR count). The Labute approximate surface area is 166 Å². The minimum absolute atomic E-state index is 0.0252. The smallest absolute Gasteiger partial charge is 0.120 e. The van der Waals surface area contributed by atoms with Gasteiger partial charge in [0.15, 0.2) is 0 Å². The van der Waals surface area contributed by atoms with Crippen LogP contribution in [0.5, 0.6) is 5.75 Å². The number of rotatable bonds is 6. The standard InChI is InChI=1S/C21H29N5O2/c1-3-21(6-7-21)28-15-4-5-17(22)16(10-15)20(23)18-11-19(25-13-24-18)26-8-9-27-14(2)12-26/h4-5,10-11,13-14,18,23H,3,6-9,12,22H2,1-2H3,(H,24,25). The topological polar surface area (TPSA) is 96.0 Å². The lowest BCUT2D eigenvalue weighted by Crippen LogP contribution is -2.45. The number of benzene rings is 1. The van der Waals surface area contributed by atoms with Crippen molar-refractivity contribution in [3.63, 3.8) is 0 Å². The van der Waals surface area contributed by atoms with Gasteiger partial charge in [-0.2, -0.15) is 0 Å². The third-order valence-electron chi connectivity index (χ3n) is 5.74. The highest BCUT2D eigenvalue weighted by atomic mass is 16.5. The largest absolute Gasteiger partial charge is 0.487 e. The van der Waals surface area contributed by atoms with Crippen LogP contribution in [0.3, 0.4) is 0 Å². The van der Waals surface area contributed by atoms with E-state index in [9.17, 15) is 0 Å². The molecule has 7 heteroatoms. The normalized spacial score (nSPS) is 25.6. The zero-order valence-electron chi connectivity index (χ0n) is 16.6. The first-order valence-corrected chi connectivity index (χ1v) is 10.0. The molecule has 2 aliphatic heterocycles. The quantitative estimate of drug-likeness (QED) is 0.518. The Kier molecular flexibility index (Phi) is 5.02. The fourth-order valence-electron chi connectivity index (χ4n) is 3.72. The van der Waals surface area contributed by atoms with Gasteiger partial charge < -0.3 is 30.8 Å². The zero-order valence-corrected chi connectivity index (χ0v) is 16.6. The average Bonchev–Trinajstić information content (AvgIpc) is 3.49. The number of aliphatic imine (C=N–C) groups is 1. The second-order valence-corrected chi connectivity index (χ2v) is 7.85. The van der Waals surface area contributed by atoms with Crippen LogP contribution in [0.4, 0.5) is 5.69 Å². The van der Waals surface area contributed by atoms with Gasteiger partial charge >= 0.3 is 0 Å². The van der Waals surface area contributed by atoms with E-state index in [2.05, 4.69) is 29.1 Å². The summed E-state index contributed by atoms with van der Waals surface area (Å²) in [5, 5.41) is 11.9. The van der Waals surface area contributed by atoms with Crippen molar-refractivity contribution in [2.24, 2.45) is 4.99 Å². The third-order valence-corrected chi connectivity index (χ3v) is 5.74. The van der Waals surface area contributed by atoms with Gasteiger partial charge in [-0.05, 0) is 50.5 Å². The molecule has 28 heavy (non-hydrogen) atoms. The summed E-state index contributed by atoms with van der Waals surface area (Å²) in [6.45, 7) is 6.55. The van der Waals surface area contributed by atoms with Gasteiger partial charge in [-0.25, -0.2) is 0 Å². The number of ether oxygens (including phenoxy) is 2. The SMILES string of the molecule is CCC1(Oc2ccc(N)c(C(=N)C3C=C(N4CCOC(C)C4)NC=N3)c2)CC1. The van der Waals surface area contributed by atoms with Gasteiger partial charge in [0.05, 0.1) is 24.8 Å². The Morgan fingerprint density at radius 2 is 2.29 bits per heavy atom. The second-order valence-electron chi connectivity index (χ2n) is 7.85. The van der Waals surface area contributed by atoms with E-state index in [0.717, 1.165) is 43.9 Å². The van der Waals surface area contributed by atoms with Crippen molar-refractivity contribution >= 4 is 17.7 Å². The van der Waals surface area contributed by atoms with Crippen LogP contribution in [0.1, 0.15) is 38.7 Å². The first-order valence-electron chi connectivity index (χ1n) is 10.0. The predicted octanol–water partition coefficient (Wildman–Crippen LogP) is 2.52. The minimum Gasteiger partial charge on any atom is -0.487 e. The molecule has 1 aromatic carbocycles. The van der Waals surface area contributed by atoms with Crippen LogP contribution in [0, 0.1) is 5.41 Å². The summed E-state index contributed by atoms with van der Waals surface area (Å²) < 4.78 is 11.8. The van der Waals surface area contributed by atoms with Crippen molar-refractivity contribution in [3.8, 4) is 5.75 Å². The molecular weight excluding hydrogens is 354 g/mol. The Balaban J connectivity index is 1.53. The van der Waals surface area contributed by atoms with E-state index in [1.54, 1.807) is 6.34 Å². The Morgan fingerprint density at radius 3 is 3.00 bits per heavy atom. The van der Waals surface area contributed by atoms with Crippen LogP contribution < -0.4 is 15.8 Å². The summed E-state index contributed by atoms with van der Waals surface area (Å²) in [6, 6.07) is 5.22. The van der Waals surface area contributed by atoms with Crippen molar-refractivity contribution in [3.05, 3.63) is 35.7 Å². The lowest BCUT2D eigenvalue weighted by molar-refractivity contribution is -0.00743. The van der Waals surface area contributed by atoms with Gasteiger partial charge in [0.25, 0.3) is 0 Å². The van der Waals surface area contributed by atoms with Crippen LogP contribution >= 0.6 is 0 Å². The molecule has 3 aliphatic rings. The molecule has 2 unspecified atom stereocenters. The van der Waals surface area contributed by atoms with Crippen molar-refractivity contribution in [1.82, 2.24) is 10.2 Å². The summed E-state index contributed by atoms with van der Waals surface area (Å²) in [7, 11) is 0. The highest BCUT2D eigenvalue weighted by Gasteiger charge is 2.43. The van der Waals surface area contributed by atoms with E-state index in [1.165, 1.54) is 0 Å². The van der Waals surface area contributed by atoms with Gasteiger partial charge in [0.1, 0.15) is 23.2 Å². The van der Waals surface area contributed by atoms with Gasteiger partial charge in [-0.3, -0.25) is 4.99 Å². The number of nitrogen functional groups attached to an aromatic ring is 1. The average molecular weight is 383 g/mol. The molecule has 2 atom stereocenters. The zero-order chi connectivity index (χ0) is 19.7. The number of nitrogens with two attached hydrogens (primary N) is 1. The lowest BCUT2D eigenvalue weighted by Gasteiger charge is -2.35. The monoisotopic (exact) mass is 383 g/mol. The molecule has 0 amide bonds. The summed E-state index contributed by atoms with van der Waals surface area (Å²) in [5.41, 5.74) is 7.80. The molecule has 4 N–H and O–H groups in total. The van der Waals surface area contributed by atoms with E-state index in [4.69, 9.17) is 20.6 Å². The summed E-state index contributed by atoms with van der Waals surface area (Å²) in [5.74, 6) is 1.74. The molecule has 1 aromatic rings. The predicted molar refractivity (Wildman–Crippen MR) is 111 cm³/mol. The Morgan fingerprint density at radius 1 is 1.46 bits per heavy atom. The number of nitrogens with zero attached hydrogens (tertiary/aromatic N) is 2. The van der Waals surface area contributed by atoms with Gasteiger partial charge in [0, 0.05) is 24.3 Å². The van der Waals surface area contributed by atoms with Crippen molar-refractivity contribution < 1.29 is 9.47 Å². The molecule has 2 heterocycles. The van der Waals surface area contributed by atoms with Crippen molar-refractivity contribution in [1.29, 1.82) is 5.41 Å². The highest BCUT2D eigenvalue weighted by molar-refractivity contribution is 6.08. The van der Waals surface area contributed by atoms with Crippen LogP contribution in [0.25, 0.3) is 0 Å². The maximum Gasteiger partial charge on any atom is 0.120 e. The molecule has 2 fully saturated rings. The molecule has 150 valence electrons. The fourth-order valence-corrected chi connectivity index (χ4v) is 3.72. The van der Waals surface area contributed by atoms with E-state index in [-0.39, 0.29) is 17.7 Å². The molecule has 0 aromatic heterocycles. The van der Waals surface area contributed by atoms with Crippen LogP contribution in [-0.2, 0) is 4.74 Å². The van der Waals surface area contributed by atoms with E-state index >= 15 is 0 Å². The maximum absolute atomic E-state index is 8.73. The number of hydrogen-bond acceptors (Lipinski definition) is 7. The summed E-state index contributed by atoms with van der Waals surface area (Å²) in [6.07, 6.45) is 7.01. The summed E-state index contributed by atoms with van der Waals surface area (Å²) >= 11 is 0. The molecule has 0 radical (unpaired) electrons. The molecule has 0 bridgehead atoms. The van der Waals surface area contributed by atoms with E-state index in [0.29, 0.717) is 23.6 Å². The first kappa shape index (κ1) is 18.8. The van der Waals surface area contributed by atoms with Gasteiger partial charge in [-0.15, -0.1) is 0 Å². The number of hydrogen-bond donors (Lipinski definition) is 3. The summed E-state index contributed by atoms with van der Waals surface area (Å²) in [4.78, 5) is 6.69. The molecule has 1 saturated carbocycles. The van der Waals surface area contributed by atoms with Crippen molar-refractivity contribution in [2.45, 2.75) is 50.9 Å². The van der Waals surface area contributed by atoms with E-state index < -0.39 is 0 Å². The fraction of sp³-hybridized carbons (Fsp3) is 0.524. The maximum atomic E-state index is 8.73. The number of anilines is 1. The molecule has 1 aliphatic carbocycles. The Bertz CT molecular complexity index is 815. The van der Waals surface area contributed by atoms with Gasteiger partial charge in [-0.1, -0.05) is 6.92 Å². The third kappa shape index (κ3) is 3.85. The minimum atomic E-state index is -0.381. The van der Waals surface area contributed by atoms with Crippen LogP contribution in [-0.4, -0.2) is 54.4 Å². The van der Waals surface area contributed by atoms with Crippen molar-refractivity contribution in [2.75, 3.05) is 25.4 Å². The second kappa shape index (κ2) is 7.47. The number of nitrogens with one attached hydrogen (secondary N) is 2.